The van der Waals surface area contributed by atoms with Crippen LogP contribution < -0.4 is 5.73 Å². The molecule has 1 saturated heterocycles. The Hall–Kier alpha value is -0.340. The molecular formula is C10H18Cl2N4O2S. The lowest BCUT2D eigenvalue weighted by Crippen LogP contribution is -2.48. The number of hydrogen-bond acceptors (Lipinski definition) is 4. The number of nitrogens with zero attached hydrogens (tertiary/aromatic N) is 3. The second kappa shape index (κ2) is 5.97. The average Bonchev–Trinajstić information content (AvgIpc) is 2.62. The van der Waals surface area contributed by atoms with Crippen LogP contribution in [0.5, 0.6) is 0 Å². The normalized spacial score (nSPS) is 25.1. The minimum atomic E-state index is -3.59. The van der Waals surface area contributed by atoms with E-state index in [1.54, 1.807) is 7.05 Å². The summed E-state index contributed by atoms with van der Waals surface area (Å²) in [5.74, 6) is 0.139. The first-order chi connectivity index (χ1) is 8.34. The van der Waals surface area contributed by atoms with Gasteiger partial charge in [0, 0.05) is 26.2 Å². The Labute approximate surface area is 124 Å². The van der Waals surface area contributed by atoms with Gasteiger partial charge >= 0.3 is 0 Å². The van der Waals surface area contributed by atoms with Gasteiger partial charge in [-0.2, -0.15) is 9.40 Å². The van der Waals surface area contributed by atoms with Gasteiger partial charge in [0.2, 0.25) is 0 Å². The molecule has 1 aromatic rings. The zero-order chi connectivity index (χ0) is 13.5. The Kier molecular flexibility index (Phi) is 5.25. The van der Waals surface area contributed by atoms with E-state index in [4.69, 9.17) is 17.3 Å². The average molecular weight is 329 g/mol. The van der Waals surface area contributed by atoms with Gasteiger partial charge < -0.3 is 5.73 Å². The predicted octanol–water partition coefficient (Wildman–Crippen LogP) is 0.853. The van der Waals surface area contributed by atoms with E-state index >= 15 is 0 Å². The number of aryl methyl sites for hydroxylation is 1. The molecule has 6 nitrogen and oxygen atoms in total. The van der Waals surface area contributed by atoms with Crippen LogP contribution in [-0.4, -0.2) is 41.6 Å². The maximum Gasteiger partial charge on any atom is 0.261 e. The molecule has 19 heavy (non-hydrogen) atoms. The molecule has 2 rings (SSSR count). The highest BCUT2D eigenvalue weighted by Crippen LogP contribution is 2.27. The van der Waals surface area contributed by atoms with E-state index in [1.165, 1.54) is 15.2 Å². The number of halogens is 2. The first kappa shape index (κ1) is 16.7. The number of sulfonamides is 1. The second-order valence-electron chi connectivity index (χ2n) is 4.71. The van der Waals surface area contributed by atoms with Crippen molar-refractivity contribution in [3.63, 3.8) is 0 Å². The molecule has 0 saturated carbocycles. The number of piperidine rings is 1. The molecule has 1 aliphatic heterocycles. The lowest BCUT2D eigenvalue weighted by Gasteiger charge is -2.34. The van der Waals surface area contributed by atoms with Gasteiger partial charge in [-0.15, -0.1) is 12.4 Å². The fraction of sp³-hybridized carbons (Fsp3) is 0.700. The van der Waals surface area contributed by atoms with Gasteiger partial charge in [-0.1, -0.05) is 18.5 Å². The molecule has 1 fully saturated rings. The zero-order valence-electron chi connectivity index (χ0n) is 10.8. The third-order valence-electron chi connectivity index (χ3n) is 3.36. The Morgan fingerprint density at radius 1 is 1.53 bits per heavy atom. The van der Waals surface area contributed by atoms with Crippen LogP contribution >= 0.6 is 24.0 Å². The van der Waals surface area contributed by atoms with E-state index in [-0.39, 0.29) is 34.4 Å². The Morgan fingerprint density at radius 3 is 2.63 bits per heavy atom. The summed E-state index contributed by atoms with van der Waals surface area (Å²) < 4.78 is 27.7. The molecule has 1 aromatic heterocycles. The molecule has 0 spiro atoms. The number of hydrogen-bond donors (Lipinski definition) is 1. The summed E-state index contributed by atoms with van der Waals surface area (Å²) in [4.78, 5) is 0. The van der Waals surface area contributed by atoms with Crippen molar-refractivity contribution in [1.29, 1.82) is 0 Å². The first-order valence-electron chi connectivity index (χ1n) is 5.77. The highest BCUT2D eigenvalue weighted by molar-refractivity contribution is 7.89. The third-order valence-corrected chi connectivity index (χ3v) is 5.73. The maximum atomic E-state index is 12.5. The van der Waals surface area contributed by atoms with E-state index in [9.17, 15) is 8.42 Å². The predicted molar refractivity (Wildman–Crippen MR) is 76.0 cm³/mol. The minimum Gasteiger partial charge on any atom is -0.327 e. The minimum absolute atomic E-state index is 0. The summed E-state index contributed by atoms with van der Waals surface area (Å²) in [7, 11) is -2.02. The van der Waals surface area contributed by atoms with Crippen LogP contribution in [0.25, 0.3) is 0 Å². The van der Waals surface area contributed by atoms with Crippen LogP contribution in [-0.2, 0) is 17.1 Å². The van der Waals surface area contributed by atoms with Gasteiger partial charge in [0.05, 0.1) is 11.2 Å². The molecule has 2 heterocycles. The standard InChI is InChI=1S/C10H17ClN4O2S.ClH/c1-7-6-15(4-3-9(7)12)18(16,17)10-8(11)5-13-14(10)2;/h5,7,9H,3-4,6,12H2,1-2H3;1H. The molecule has 0 aliphatic carbocycles. The summed E-state index contributed by atoms with van der Waals surface area (Å²) in [6.45, 7) is 2.80. The van der Waals surface area contributed by atoms with Gasteiger partial charge in [-0.3, -0.25) is 4.68 Å². The van der Waals surface area contributed by atoms with Crippen molar-refractivity contribution in [3.8, 4) is 0 Å². The van der Waals surface area contributed by atoms with Crippen molar-refractivity contribution < 1.29 is 8.42 Å². The topological polar surface area (TPSA) is 81.2 Å². The van der Waals surface area contributed by atoms with Crippen molar-refractivity contribution >= 4 is 34.0 Å². The van der Waals surface area contributed by atoms with E-state index in [2.05, 4.69) is 5.10 Å². The Balaban J connectivity index is 0.00000180. The number of aromatic nitrogens is 2. The van der Waals surface area contributed by atoms with Crippen LogP contribution in [0.2, 0.25) is 5.02 Å². The fourth-order valence-electron chi connectivity index (χ4n) is 2.16. The summed E-state index contributed by atoms with van der Waals surface area (Å²) in [5, 5.41) is 4.07. The maximum absolute atomic E-state index is 12.5. The molecule has 0 bridgehead atoms. The molecule has 2 atom stereocenters. The van der Waals surface area contributed by atoms with Gasteiger partial charge in [0.25, 0.3) is 10.0 Å². The molecule has 9 heteroatoms. The molecule has 2 N–H and O–H groups in total. The summed E-state index contributed by atoms with van der Waals surface area (Å²) in [5.41, 5.74) is 5.90. The number of rotatable bonds is 2. The van der Waals surface area contributed by atoms with Crippen LogP contribution in [0.3, 0.4) is 0 Å². The van der Waals surface area contributed by atoms with Crippen LogP contribution in [0, 0.1) is 5.92 Å². The molecule has 0 amide bonds. The lowest BCUT2D eigenvalue weighted by atomic mass is 9.96. The molecular weight excluding hydrogens is 311 g/mol. The third kappa shape index (κ3) is 3.05. The van der Waals surface area contributed by atoms with Crippen LogP contribution in [0.15, 0.2) is 11.2 Å². The first-order valence-corrected chi connectivity index (χ1v) is 7.59. The molecule has 0 radical (unpaired) electrons. The smallest absolute Gasteiger partial charge is 0.261 e. The largest absolute Gasteiger partial charge is 0.327 e. The summed E-state index contributed by atoms with van der Waals surface area (Å²) >= 11 is 5.90. The summed E-state index contributed by atoms with van der Waals surface area (Å²) in [6.07, 6.45) is 2.00. The van der Waals surface area contributed by atoms with Crippen LogP contribution in [0.1, 0.15) is 13.3 Å². The highest BCUT2D eigenvalue weighted by Gasteiger charge is 2.35. The fourth-order valence-corrected chi connectivity index (χ4v) is 4.32. The van der Waals surface area contributed by atoms with Crippen molar-refractivity contribution in [3.05, 3.63) is 11.2 Å². The van der Waals surface area contributed by atoms with E-state index < -0.39 is 10.0 Å². The van der Waals surface area contributed by atoms with Crippen molar-refractivity contribution in [1.82, 2.24) is 14.1 Å². The van der Waals surface area contributed by atoms with Crippen molar-refractivity contribution in [2.75, 3.05) is 13.1 Å². The Morgan fingerprint density at radius 2 is 2.16 bits per heavy atom. The quantitative estimate of drug-likeness (QED) is 0.872. The van der Waals surface area contributed by atoms with Crippen molar-refractivity contribution in [2.24, 2.45) is 18.7 Å². The molecule has 110 valence electrons. The highest BCUT2D eigenvalue weighted by atomic mass is 35.5. The number of nitrogens with two attached hydrogens (primary N) is 1. The summed E-state index contributed by atoms with van der Waals surface area (Å²) in [6, 6.07) is 0.0541. The van der Waals surface area contributed by atoms with E-state index in [1.807, 2.05) is 6.92 Å². The lowest BCUT2D eigenvalue weighted by molar-refractivity contribution is 0.249. The van der Waals surface area contributed by atoms with E-state index in [0.717, 1.165) is 0 Å². The SMILES string of the molecule is CC1CN(S(=O)(=O)c2c(Cl)cnn2C)CCC1N.Cl. The monoisotopic (exact) mass is 328 g/mol. The van der Waals surface area contributed by atoms with Gasteiger partial charge in [-0.25, -0.2) is 8.42 Å². The Bertz CT molecular complexity index is 526. The zero-order valence-corrected chi connectivity index (χ0v) is 13.2. The van der Waals surface area contributed by atoms with Gasteiger partial charge in [-0.05, 0) is 12.3 Å². The van der Waals surface area contributed by atoms with Crippen LogP contribution in [0.4, 0.5) is 0 Å². The molecule has 0 aromatic carbocycles. The molecule has 1 aliphatic rings. The van der Waals surface area contributed by atoms with E-state index in [0.29, 0.717) is 19.5 Å². The van der Waals surface area contributed by atoms with Gasteiger partial charge in [0.15, 0.2) is 5.03 Å². The van der Waals surface area contributed by atoms with Gasteiger partial charge in [0.1, 0.15) is 0 Å². The van der Waals surface area contributed by atoms with Crippen molar-refractivity contribution in [2.45, 2.75) is 24.4 Å². The second-order valence-corrected chi connectivity index (χ2v) is 6.97. The molecule has 2 unspecified atom stereocenters.